The van der Waals surface area contributed by atoms with E-state index in [2.05, 4.69) is 5.32 Å². The van der Waals surface area contributed by atoms with Crippen LogP contribution in [0.1, 0.15) is 31.1 Å². The smallest absolute Gasteiger partial charge is 0.254 e. The number of nitrogens with one attached hydrogen (secondary N) is 1. The average molecular weight is 488 g/mol. The van der Waals surface area contributed by atoms with Crippen LogP contribution >= 0.6 is 34.8 Å². The third kappa shape index (κ3) is 6.66. The van der Waals surface area contributed by atoms with Crippen LogP contribution in [0.25, 0.3) is 0 Å². The molecule has 0 aromatic heterocycles. The number of methoxy groups -OCH3 is 1. The van der Waals surface area contributed by atoms with Gasteiger partial charge in [0.2, 0.25) is 5.91 Å². The largest absolute Gasteiger partial charge is 0.493 e. The molecule has 2 aromatic rings. The van der Waals surface area contributed by atoms with Crippen molar-refractivity contribution in [1.82, 2.24) is 4.90 Å². The summed E-state index contributed by atoms with van der Waals surface area (Å²) in [5.41, 5.74) is 0.583. The Balaban J connectivity index is 2.19. The number of nitrogens with zero attached hydrogens (tertiary/aromatic N) is 1. The van der Waals surface area contributed by atoms with Crippen LogP contribution in [0.3, 0.4) is 0 Å². The molecule has 1 N–H and O–H groups in total. The van der Waals surface area contributed by atoms with Crippen molar-refractivity contribution in [3.05, 3.63) is 51.0 Å². The number of halogens is 3. The first-order valence-corrected chi connectivity index (χ1v) is 10.8. The Kier molecular flexibility index (Phi) is 9.29. The minimum atomic E-state index is -0.430. The molecular formula is C22H25Cl3N2O4. The second-order valence-electron chi connectivity index (χ2n) is 7.16. The second-order valence-corrected chi connectivity index (χ2v) is 8.38. The number of hydrogen-bond acceptors (Lipinski definition) is 4. The fraction of sp³-hybridized carbons (Fsp3) is 0.364. The van der Waals surface area contributed by atoms with E-state index in [0.29, 0.717) is 46.3 Å². The fourth-order valence-electron chi connectivity index (χ4n) is 2.71. The van der Waals surface area contributed by atoms with Gasteiger partial charge in [0, 0.05) is 12.1 Å². The van der Waals surface area contributed by atoms with E-state index in [1.54, 1.807) is 31.2 Å². The molecule has 9 heteroatoms. The third-order valence-corrected chi connectivity index (χ3v) is 5.18. The highest BCUT2D eigenvalue weighted by molar-refractivity contribution is 6.39. The topological polar surface area (TPSA) is 67.9 Å². The summed E-state index contributed by atoms with van der Waals surface area (Å²) in [5.74, 6) is 0.213. The van der Waals surface area contributed by atoms with Crippen molar-refractivity contribution in [2.24, 2.45) is 5.92 Å². The lowest BCUT2D eigenvalue weighted by molar-refractivity contribution is -0.116. The number of hydrogen-bond donors (Lipinski definition) is 1. The molecule has 0 aliphatic rings. The van der Waals surface area contributed by atoms with Crippen molar-refractivity contribution in [2.45, 2.75) is 20.8 Å². The molecule has 2 amide bonds. The SMILES string of the molecule is CCN(CC(=O)Nc1c(Cl)cccc1Cl)C(=O)c1cc(Cl)c(OCC(C)C)c(OC)c1. The zero-order valence-corrected chi connectivity index (χ0v) is 20.1. The number of carbonyl (C=O) groups is 2. The van der Waals surface area contributed by atoms with Gasteiger partial charge in [0.15, 0.2) is 11.5 Å². The summed E-state index contributed by atoms with van der Waals surface area (Å²) in [4.78, 5) is 26.9. The first-order chi connectivity index (χ1) is 14.7. The summed E-state index contributed by atoms with van der Waals surface area (Å²) in [6, 6.07) is 7.96. The molecule has 0 atom stereocenters. The van der Waals surface area contributed by atoms with Crippen LogP contribution < -0.4 is 14.8 Å². The van der Waals surface area contributed by atoms with E-state index in [4.69, 9.17) is 44.3 Å². The molecule has 0 radical (unpaired) electrons. The lowest BCUT2D eigenvalue weighted by Gasteiger charge is -2.22. The summed E-state index contributed by atoms with van der Waals surface area (Å²) < 4.78 is 11.1. The van der Waals surface area contributed by atoms with Crippen molar-refractivity contribution < 1.29 is 19.1 Å². The number of amides is 2. The van der Waals surface area contributed by atoms with Gasteiger partial charge >= 0.3 is 0 Å². The van der Waals surface area contributed by atoms with Gasteiger partial charge in [-0.25, -0.2) is 0 Å². The monoisotopic (exact) mass is 486 g/mol. The molecule has 2 rings (SSSR count). The Morgan fingerprint density at radius 3 is 2.29 bits per heavy atom. The molecule has 0 bridgehead atoms. The van der Waals surface area contributed by atoms with Gasteiger partial charge in [0.25, 0.3) is 5.91 Å². The Morgan fingerprint density at radius 2 is 1.74 bits per heavy atom. The van der Waals surface area contributed by atoms with Crippen molar-refractivity contribution in [3.8, 4) is 11.5 Å². The molecule has 0 saturated carbocycles. The van der Waals surface area contributed by atoms with Crippen molar-refractivity contribution in [1.29, 1.82) is 0 Å². The number of anilines is 1. The Hall–Kier alpha value is -2.15. The van der Waals surface area contributed by atoms with Crippen molar-refractivity contribution in [2.75, 3.05) is 32.1 Å². The normalized spacial score (nSPS) is 10.7. The number of rotatable bonds is 9. The number of ether oxygens (including phenoxy) is 2. The molecule has 168 valence electrons. The predicted molar refractivity (Wildman–Crippen MR) is 125 cm³/mol. The molecule has 31 heavy (non-hydrogen) atoms. The zero-order chi connectivity index (χ0) is 23.1. The quantitative estimate of drug-likeness (QED) is 0.486. The standard InChI is InChI=1S/C22H25Cl3N2O4/c1-5-27(11-19(28)26-20-15(23)7-6-8-16(20)24)22(29)14-9-17(25)21(18(10-14)30-4)31-12-13(2)3/h6-10,13H,5,11-12H2,1-4H3,(H,26,28). The van der Waals surface area contributed by atoms with Crippen LogP contribution in [0.4, 0.5) is 5.69 Å². The Labute approximate surface area is 197 Å². The van der Waals surface area contributed by atoms with Gasteiger partial charge in [-0.1, -0.05) is 54.7 Å². The first-order valence-electron chi connectivity index (χ1n) is 9.71. The number of para-hydroxylation sites is 1. The van der Waals surface area contributed by atoms with E-state index in [0.717, 1.165) is 0 Å². The Bertz CT molecular complexity index is 930. The van der Waals surface area contributed by atoms with Gasteiger partial charge < -0.3 is 19.7 Å². The summed E-state index contributed by atoms with van der Waals surface area (Å²) in [7, 11) is 1.47. The van der Waals surface area contributed by atoms with E-state index in [1.165, 1.54) is 18.1 Å². The van der Waals surface area contributed by atoms with Gasteiger partial charge in [0.05, 0.1) is 34.5 Å². The molecule has 0 heterocycles. The van der Waals surface area contributed by atoms with Gasteiger partial charge in [-0.2, -0.15) is 0 Å². The molecular weight excluding hydrogens is 463 g/mol. The van der Waals surface area contributed by atoms with E-state index >= 15 is 0 Å². The summed E-state index contributed by atoms with van der Waals surface area (Å²) >= 11 is 18.5. The lowest BCUT2D eigenvalue weighted by atomic mass is 10.1. The molecule has 0 aliphatic heterocycles. The lowest BCUT2D eigenvalue weighted by Crippen LogP contribution is -2.38. The van der Waals surface area contributed by atoms with Crippen LogP contribution in [0.15, 0.2) is 30.3 Å². The van der Waals surface area contributed by atoms with E-state index in [1.807, 2.05) is 13.8 Å². The Morgan fingerprint density at radius 1 is 1.10 bits per heavy atom. The maximum Gasteiger partial charge on any atom is 0.254 e. The molecule has 6 nitrogen and oxygen atoms in total. The average Bonchev–Trinajstić information content (AvgIpc) is 2.72. The first kappa shape index (κ1) is 25.1. The molecule has 0 unspecified atom stereocenters. The minimum Gasteiger partial charge on any atom is -0.493 e. The van der Waals surface area contributed by atoms with E-state index in [-0.39, 0.29) is 23.0 Å². The van der Waals surface area contributed by atoms with Gasteiger partial charge in [-0.05, 0) is 37.1 Å². The van der Waals surface area contributed by atoms with Crippen LogP contribution in [-0.4, -0.2) is 43.5 Å². The third-order valence-electron chi connectivity index (χ3n) is 4.27. The number of likely N-dealkylation sites (N-methyl/N-ethyl adjacent to an activating group) is 1. The fourth-order valence-corrected chi connectivity index (χ4v) is 3.47. The van der Waals surface area contributed by atoms with Crippen molar-refractivity contribution >= 4 is 52.3 Å². The highest BCUT2D eigenvalue weighted by atomic mass is 35.5. The molecule has 2 aromatic carbocycles. The minimum absolute atomic E-state index is 0.192. The predicted octanol–water partition coefficient (Wildman–Crippen LogP) is 5.79. The van der Waals surface area contributed by atoms with Crippen LogP contribution in [-0.2, 0) is 4.79 Å². The number of benzene rings is 2. The van der Waals surface area contributed by atoms with Crippen LogP contribution in [0.2, 0.25) is 15.1 Å². The van der Waals surface area contributed by atoms with Crippen LogP contribution in [0.5, 0.6) is 11.5 Å². The van der Waals surface area contributed by atoms with Gasteiger partial charge in [-0.3, -0.25) is 9.59 Å². The second kappa shape index (κ2) is 11.5. The van der Waals surface area contributed by atoms with Crippen molar-refractivity contribution in [3.63, 3.8) is 0 Å². The maximum atomic E-state index is 13.0. The summed E-state index contributed by atoms with van der Waals surface area (Å²) in [5, 5.41) is 3.53. The summed E-state index contributed by atoms with van der Waals surface area (Å²) in [6.07, 6.45) is 0. The highest BCUT2D eigenvalue weighted by Gasteiger charge is 2.22. The summed E-state index contributed by atoms with van der Waals surface area (Å²) in [6.45, 7) is 6.36. The van der Waals surface area contributed by atoms with Gasteiger partial charge in [0.1, 0.15) is 6.54 Å². The molecule has 0 aliphatic carbocycles. The van der Waals surface area contributed by atoms with E-state index < -0.39 is 5.91 Å². The van der Waals surface area contributed by atoms with Crippen LogP contribution in [0, 0.1) is 5.92 Å². The highest BCUT2D eigenvalue weighted by Crippen LogP contribution is 2.37. The van der Waals surface area contributed by atoms with Gasteiger partial charge in [-0.15, -0.1) is 0 Å². The van der Waals surface area contributed by atoms with E-state index in [9.17, 15) is 9.59 Å². The molecule has 0 saturated heterocycles. The number of carbonyl (C=O) groups excluding carboxylic acids is 2. The molecule has 0 spiro atoms. The maximum absolute atomic E-state index is 13.0. The zero-order valence-electron chi connectivity index (χ0n) is 17.8. The molecule has 0 fully saturated rings.